The van der Waals surface area contributed by atoms with E-state index < -0.39 is 0 Å². The number of carbonyl (C=O) groups excluding carboxylic acids is 1. The van der Waals surface area contributed by atoms with Gasteiger partial charge in [0.05, 0.1) is 13.2 Å². The van der Waals surface area contributed by atoms with Gasteiger partial charge < -0.3 is 15.0 Å². The van der Waals surface area contributed by atoms with E-state index in [2.05, 4.69) is 31.0 Å². The number of nitrogens with zero attached hydrogens (tertiary/aromatic N) is 1. The van der Waals surface area contributed by atoms with Gasteiger partial charge in [0.25, 0.3) is 5.91 Å². The maximum atomic E-state index is 12.5. The van der Waals surface area contributed by atoms with Gasteiger partial charge in [-0.2, -0.15) is 0 Å². The molecule has 0 aliphatic heterocycles. The third kappa shape index (κ3) is 5.09. The van der Waals surface area contributed by atoms with E-state index in [4.69, 9.17) is 4.74 Å². The number of methoxy groups -OCH3 is 1. The van der Waals surface area contributed by atoms with Crippen molar-refractivity contribution in [2.24, 2.45) is 0 Å². The van der Waals surface area contributed by atoms with Crippen LogP contribution >= 0.6 is 0 Å². The normalized spacial score (nSPS) is 12.7. The molecule has 0 aliphatic carbocycles. The van der Waals surface area contributed by atoms with Crippen LogP contribution in [0.2, 0.25) is 0 Å². The van der Waals surface area contributed by atoms with Crippen molar-refractivity contribution < 1.29 is 9.53 Å². The lowest BCUT2D eigenvalue weighted by Crippen LogP contribution is -2.34. The van der Waals surface area contributed by atoms with Crippen LogP contribution in [0.3, 0.4) is 0 Å². The minimum absolute atomic E-state index is 0.0502. The summed E-state index contributed by atoms with van der Waals surface area (Å²) in [5.74, 6) is 0.778. The van der Waals surface area contributed by atoms with Crippen molar-refractivity contribution in [1.82, 2.24) is 10.2 Å². The fourth-order valence-corrected chi connectivity index (χ4v) is 2.84. The van der Waals surface area contributed by atoms with Crippen molar-refractivity contribution in [3.63, 3.8) is 0 Å². The van der Waals surface area contributed by atoms with Crippen LogP contribution in [0.1, 0.15) is 48.3 Å². The summed E-state index contributed by atoms with van der Waals surface area (Å²) in [5, 5.41) is 3.05. The van der Waals surface area contributed by atoms with Crippen molar-refractivity contribution in [2.45, 2.75) is 32.2 Å². The molecule has 2 rings (SSSR count). The van der Waals surface area contributed by atoms with Crippen molar-refractivity contribution >= 4 is 5.91 Å². The fraction of sp³-hybridized carbons (Fsp3) is 0.409. The Balaban J connectivity index is 2.05. The number of carbonyl (C=O) groups is 1. The van der Waals surface area contributed by atoms with Gasteiger partial charge in [-0.05, 0) is 54.9 Å². The van der Waals surface area contributed by atoms with Gasteiger partial charge in [0.1, 0.15) is 5.75 Å². The monoisotopic (exact) mass is 354 g/mol. The summed E-state index contributed by atoms with van der Waals surface area (Å²) in [5.41, 5.74) is 3.13. The Labute approximate surface area is 157 Å². The summed E-state index contributed by atoms with van der Waals surface area (Å²) in [7, 11) is 5.68. The summed E-state index contributed by atoms with van der Waals surface area (Å²) in [6, 6.07) is 15.9. The molecule has 0 aliphatic rings. The Morgan fingerprint density at radius 3 is 2.08 bits per heavy atom. The zero-order valence-electron chi connectivity index (χ0n) is 16.7. The number of hydrogen-bond donors (Lipinski definition) is 1. The van der Waals surface area contributed by atoms with Crippen LogP contribution in [0.4, 0.5) is 0 Å². The van der Waals surface area contributed by atoms with E-state index in [1.807, 2.05) is 62.6 Å². The Kier molecular flexibility index (Phi) is 6.43. The molecule has 1 atom stereocenters. The highest BCUT2D eigenvalue weighted by atomic mass is 16.5. The molecule has 2 aromatic carbocycles. The van der Waals surface area contributed by atoms with Crippen LogP contribution in [-0.4, -0.2) is 38.6 Å². The Bertz CT molecular complexity index is 713. The van der Waals surface area contributed by atoms with Crippen molar-refractivity contribution in [3.8, 4) is 5.75 Å². The van der Waals surface area contributed by atoms with Crippen LogP contribution in [0.5, 0.6) is 5.75 Å². The molecule has 0 heterocycles. The van der Waals surface area contributed by atoms with Crippen LogP contribution in [0, 0.1) is 0 Å². The van der Waals surface area contributed by atoms with Gasteiger partial charge >= 0.3 is 0 Å². The predicted molar refractivity (Wildman–Crippen MR) is 107 cm³/mol. The van der Waals surface area contributed by atoms with Gasteiger partial charge in [0.2, 0.25) is 0 Å². The summed E-state index contributed by atoms with van der Waals surface area (Å²) < 4.78 is 5.22. The van der Waals surface area contributed by atoms with E-state index in [9.17, 15) is 4.79 Å². The van der Waals surface area contributed by atoms with Crippen LogP contribution < -0.4 is 10.1 Å². The lowest BCUT2D eigenvalue weighted by molar-refractivity contribution is 0.0942. The highest BCUT2D eigenvalue weighted by Gasteiger charge is 2.17. The van der Waals surface area contributed by atoms with Crippen LogP contribution in [0.15, 0.2) is 48.5 Å². The molecule has 0 bridgehead atoms. The molecule has 0 saturated heterocycles. The number of benzene rings is 2. The molecule has 26 heavy (non-hydrogen) atoms. The first-order chi connectivity index (χ1) is 12.2. The van der Waals surface area contributed by atoms with Crippen molar-refractivity contribution in [1.29, 1.82) is 0 Å². The maximum Gasteiger partial charge on any atom is 0.251 e. The second-order valence-electron chi connectivity index (χ2n) is 7.79. The molecule has 0 saturated carbocycles. The van der Waals surface area contributed by atoms with E-state index in [-0.39, 0.29) is 17.4 Å². The maximum absolute atomic E-state index is 12.5. The summed E-state index contributed by atoms with van der Waals surface area (Å²) >= 11 is 0. The van der Waals surface area contributed by atoms with E-state index in [1.54, 1.807) is 7.11 Å². The summed E-state index contributed by atoms with van der Waals surface area (Å²) in [6.45, 7) is 7.04. The molecule has 0 radical (unpaired) electrons. The summed E-state index contributed by atoms with van der Waals surface area (Å²) in [6.07, 6.45) is 0. The van der Waals surface area contributed by atoms with Gasteiger partial charge in [-0.25, -0.2) is 0 Å². The molecule has 2 aromatic rings. The van der Waals surface area contributed by atoms with Gasteiger partial charge in [0.15, 0.2) is 0 Å². The highest BCUT2D eigenvalue weighted by molar-refractivity contribution is 5.94. The first-order valence-electron chi connectivity index (χ1n) is 8.91. The van der Waals surface area contributed by atoms with Gasteiger partial charge in [-0.15, -0.1) is 0 Å². The minimum atomic E-state index is -0.0502. The second-order valence-corrected chi connectivity index (χ2v) is 7.79. The number of rotatable bonds is 6. The predicted octanol–water partition coefficient (Wildman–Crippen LogP) is 4.03. The molecule has 4 nitrogen and oxygen atoms in total. The third-order valence-electron chi connectivity index (χ3n) is 4.59. The smallest absolute Gasteiger partial charge is 0.251 e. The molecule has 0 spiro atoms. The van der Waals surface area contributed by atoms with E-state index in [0.29, 0.717) is 12.1 Å². The van der Waals surface area contributed by atoms with E-state index in [0.717, 1.165) is 11.3 Å². The average molecular weight is 354 g/mol. The number of nitrogens with one attached hydrogen (secondary N) is 1. The zero-order chi connectivity index (χ0) is 19.3. The number of likely N-dealkylation sites (N-methyl/N-ethyl adjacent to an activating group) is 1. The van der Waals surface area contributed by atoms with Crippen molar-refractivity contribution in [2.75, 3.05) is 27.7 Å². The Hall–Kier alpha value is -2.33. The van der Waals surface area contributed by atoms with Crippen LogP contribution in [-0.2, 0) is 5.41 Å². The number of hydrogen-bond acceptors (Lipinski definition) is 3. The molecule has 1 unspecified atom stereocenters. The fourth-order valence-electron chi connectivity index (χ4n) is 2.84. The van der Waals surface area contributed by atoms with Gasteiger partial charge in [-0.3, -0.25) is 4.79 Å². The van der Waals surface area contributed by atoms with Crippen molar-refractivity contribution in [3.05, 3.63) is 65.2 Å². The first-order valence-corrected chi connectivity index (χ1v) is 8.91. The molecule has 1 amide bonds. The van der Waals surface area contributed by atoms with Crippen LogP contribution in [0.25, 0.3) is 0 Å². The average Bonchev–Trinajstić information content (AvgIpc) is 2.61. The molecular formula is C22H30N2O2. The molecule has 0 fully saturated rings. The lowest BCUT2D eigenvalue weighted by atomic mass is 9.87. The van der Waals surface area contributed by atoms with E-state index in [1.165, 1.54) is 5.56 Å². The van der Waals surface area contributed by atoms with Gasteiger partial charge in [0, 0.05) is 12.1 Å². The lowest BCUT2D eigenvalue weighted by Gasteiger charge is -2.25. The second kappa shape index (κ2) is 8.37. The van der Waals surface area contributed by atoms with E-state index >= 15 is 0 Å². The quantitative estimate of drug-likeness (QED) is 0.852. The zero-order valence-corrected chi connectivity index (χ0v) is 16.7. The molecule has 0 aromatic heterocycles. The SMILES string of the molecule is COc1ccc(C(CNC(=O)c2ccc(C(C)(C)C)cc2)N(C)C)cc1. The highest BCUT2D eigenvalue weighted by Crippen LogP contribution is 2.23. The molecule has 1 N–H and O–H groups in total. The minimum Gasteiger partial charge on any atom is -0.497 e. The number of amides is 1. The largest absolute Gasteiger partial charge is 0.497 e. The topological polar surface area (TPSA) is 41.6 Å². The summed E-state index contributed by atoms with van der Waals surface area (Å²) in [4.78, 5) is 14.6. The third-order valence-corrected chi connectivity index (χ3v) is 4.59. The Morgan fingerprint density at radius 1 is 1.04 bits per heavy atom. The molecule has 140 valence electrons. The molecule has 4 heteroatoms. The Morgan fingerprint density at radius 2 is 1.62 bits per heavy atom. The first kappa shape index (κ1) is 20.0. The standard InChI is InChI=1S/C22H30N2O2/c1-22(2,3)18-11-7-17(8-12-18)21(25)23-15-20(24(4)5)16-9-13-19(26-6)14-10-16/h7-14,20H,15H2,1-6H3,(H,23,25). The number of ether oxygens (including phenoxy) is 1. The van der Waals surface area contributed by atoms with Gasteiger partial charge in [-0.1, -0.05) is 45.0 Å². The molecular weight excluding hydrogens is 324 g/mol.